The Balaban J connectivity index is 2.30. The van der Waals surface area contributed by atoms with Gasteiger partial charge in [-0.05, 0) is 56.5 Å². The molecule has 1 atom stereocenters. The summed E-state index contributed by atoms with van der Waals surface area (Å²) in [6.45, 7) is 8.36. The van der Waals surface area contributed by atoms with Crippen LogP contribution in [0.4, 0.5) is 0 Å². The number of carbonyl (C=O) groups excluding carboxylic acids is 2. The van der Waals surface area contributed by atoms with E-state index in [1.54, 1.807) is 24.0 Å². The summed E-state index contributed by atoms with van der Waals surface area (Å²) < 4.78 is 0. The second-order valence-corrected chi connectivity index (χ2v) is 7.76. The molecule has 150 valence electrons. The smallest absolute Gasteiger partial charge is 0.242 e. The highest BCUT2D eigenvalue weighted by Crippen LogP contribution is 2.24. The van der Waals surface area contributed by atoms with E-state index < -0.39 is 6.04 Å². The van der Waals surface area contributed by atoms with E-state index in [9.17, 15) is 9.59 Å². The fourth-order valence-electron chi connectivity index (χ4n) is 2.99. The van der Waals surface area contributed by atoms with E-state index in [4.69, 9.17) is 23.2 Å². The molecule has 0 unspecified atom stereocenters. The number of amides is 2. The quantitative estimate of drug-likeness (QED) is 0.704. The summed E-state index contributed by atoms with van der Waals surface area (Å²) in [5.41, 5.74) is 3.94. The average Bonchev–Trinajstić information content (AvgIpc) is 2.65. The van der Waals surface area contributed by atoms with Crippen molar-refractivity contribution in [2.75, 3.05) is 6.54 Å². The van der Waals surface area contributed by atoms with Gasteiger partial charge in [-0.3, -0.25) is 9.59 Å². The molecule has 0 spiro atoms. The van der Waals surface area contributed by atoms with Crippen LogP contribution in [0, 0.1) is 13.8 Å². The lowest BCUT2D eigenvalue weighted by atomic mass is 10.0. The van der Waals surface area contributed by atoms with E-state index in [0.29, 0.717) is 16.6 Å². The molecule has 1 N–H and O–H groups in total. The first kappa shape index (κ1) is 22.3. The van der Waals surface area contributed by atoms with Crippen LogP contribution in [0.2, 0.25) is 10.0 Å². The van der Waals surface area contributed by atoms with Crippen molar-refractivity contribution in [3.05, 3.63) is 68.7 Å². The highest BCUT2D eigenvalue weighted by molar-refractivity contribution is 6.42. The van der Waals surface area contributed by atoms with Crippen molar-refractivity contribution in [1.82, 2.24) is 10.2 Å². The topological polar surface area (TPSA) is 49.4 Å². The number of carbonyl (C=O) groups is 2. The molecular weight excluding hydrogens is 395 g/mol. The Labute approximate surface area is 176 Å². The first-order chi connectivity index (χ1) is 13.2. The molecule has 0 aliphatic heterocycles. The third-order valence-electron chi connectivity index (χ3n) is 4.70. The number of likely N-dealkylation sites (N-methyl/N-ethyl adjacent to an activating group) is 1. The van der Waals surface area contributed by atoms with Crippen molar-refractivity contribution in [2.24, 2.45) is 0 Å². The van der Waals surface area contributed by atoms with Gasteiger partial charge in [-0.1, -0.05) is 53.0 Å². The van der Waals surface area contributed by atoms with Gasteiger partial charge in [-0.15, -0.1) is 0 Å². The van der Waals surface area contributed by atoms with Crippen LogP contribution >= 0.6 is 23.2 Å². The van der Waals surface area contributed by atoms with E-state index in [1.165, 1.54) is 0 Å². The minimum Gasteiger partial charge on any atom is -0.355 e. The Bertz CT molecular complexity index is 868. The molecule has 0 aliphatic carbocycles. The first-order valence-corrected chi connectivity index (χ1v) is 10.1. The molecule has 2 aromatic carbocycles. The van der Waals surface area contributed by atoms with Gasteiger partial charge in [0.1, 0.15) is 6.04 Å². The maximum atomic E-state index is 13.2. The molecule has 0 fully saturated rings. The Morgan fingerprint density at radius 1 is 1.07 bits per heavy atom. The van der Waals surface area contributed by atoms with Crippen molar-refractivity contribution < 1.29 is 9.59 Å². The number of nitrogens with zero attached hydrogens (tertiary/aromatic N) is 1. The molecule has 0 aliphatic rings. The molecule has 28 heavy (non-hydrogen) atoms. The van der Waals surface area contributed by atoms with Crippen LogP contribution in [0.5, 0.6) is 0 Å². The summed E-state index contributed by atoms with van der Waals surface area (Å²) in [6.07, 6.45) is 0.235. The Kier molecular flexibility index (Phi) is 7.90. The van der Waals surface area contributed by atoms with E-state index in [2.05, 4.69) is 5.32 Å². The normalized spacial score (nSPS) is 11.8. The van der Waals surface area contributed by atoms with Crippen molar-refractivity contribution in [1.29, 1.82) is 0 Å². The number of halogens is 2. The first-order valence-electron chi connectivity index (χ1n) is 9.30. The zero-order valence-corrected chi connectivity index (χ0v) is 18.2. The van der Waals surface area contributed by atoms with E-state index >= 15 is 0 Å². The molecule has 0 bridgehead atoms. The third kappa shape index (κ3) is 5.73. The maximum Gasteiger partial charge on any atom is 0.242 e. The highest BCUT2D eigenvalue weighted by atomic mass is 35.5. The van der Waals surface area contributed by atoms with Crippen molar-refractivity contribution in [3.63, 3.8) is 0 Å². The van der Waals surface area contributed by atoms with Crippen LogP contribution < -0.4 is 5.32 Å². The van der Waals surface area contributed by atoms with Gasteiger partial charge in [-0.2, -0.15) is 0 Å². The molecule has 0 saturated carbocycles. The number of benzene rings is 2. The fourth-order valence-corrected chi connectivity index (χ4v) is 3.32. The van der Waals surface area contributed by atoms with Crippen LogP contribution in [0.1, 0.15) is 36.1 Å². The third-order valence-corrected chi connectivity index (χ3v) is 5.44. The SMILES string of the molecule is CCNC(=O)[C@@H](C)N(Cc1ccc(Cl)c(Cl)c1)C(=O)Cc1cc(C)ccc1C. The van der Waals surface area contributed by atoms with Gasteiger partial charge < -0.3 is 10.2 Å². The highest BCUT2D eigenvalue weighted by Gasteiger charge is 2.26. The zero-order chi connectivity index (χ0) is 20.8. The number of nitrogens with one attached hydrogen (secondary N) is 1. The molecule has 0 aromatic heterocycles. The fraction of sp³-hybridized carbons (Fsp3) is 0.364. The minimum absolute atomic E-state index is 0.112. The van der Waals surface area contributed by atoms with E-state index in [-0.39, 0.29) is 24.8 Å². The van der Waals surface area contributed by atoms with Gasteiger partial charge in [-0.25, -0.2) is 0 Å². The van der Waals surface area contributed by atoms with Gasteiger partial charge in [0.05, 0.1) is 16.5 Å². The van der Waals surface area contributed by atoms with Crippen LogP contribution in [0.15, 0.2) is 36.4 Å². The molecule has 0 saturated heterocycles. The summed E-state index contributed by atoms with van der Waals surface area (Å²) in [4.78, 5) is 27.2. The van der Waals surface area contributed by atoms with Crippen molar-refractivity contribution in [3.8, 4) is 0 Å². The summed E-state index contributed by atoms with van der Waals surface area (Å²) in [5.74, 6) is -0.296. The Morgan fingerprint density at radius 2 is 1.79 bits per heavy atom. The van der Waals surface area contributed by atoms with Crippen LogP contribution in [0.3, 0.4) is 0 Å². The van der Waals surface area contributed by atoms with Gasteiger partial charge >= 0.3 is 0 Å². The number of aryl methyl sites for hydroxylation is 2. The predicted octanol–water partition coefficient (Wildman–Crippen LogP) is 4.71. The molecule has 0 heterocycles. The molecule has 0 radical (unpaired) electrons. The van der Waals surface area contributed by atoms with Crippen molar-refractivity contribution >= 4 is 35.0 Å². The lowest BCUT2D eigenvalue weighted by Gasteiger charge is -2.29. The molecule has 2 amide bonds. The number of rotatable bonds is 7. The maximum absolute atomic E-state index is 13.2. The molecule has 4 nitrogen and oxygen atoms in total. The number of hydrogen-bond donors (Lipinski definition) is 1. The molecule has 2 aromatic rings. The lowest BCUT2D eigenvalue weighted by molar-refractivity contribution is -0.140. The van der Waals surface area contributed by atoms with Crippen molar-refractivity contribution in [2.45, 2.75) is 46.7 Å². The summed E-state index contributed by atoms with van der Waals surface area (Å²) in [6, 6.07) is 10.7. The largest absolute Gasteiger partial charge is 0.355 e. The standard InChI is InChI=1S/C22H26Cl2N2O2/c1-5-25-22(28)16(4)26(13-17-8-9-19(23)20(24)11-17)21(27)12-18-10-14(2)6-7-15(18)3/h6-11,16H,5,12-13H2,1-4H3,(H,25,28)/t16-/m1/s1. The van der Waals surface area contributed by atoms with Crippen LogP contribution in [-0.4, -0.2) is 29.3 Å². The summed E-state index contributed by atoms with van der Waals surface area (Å²) in [5, 5.41) is 3.67. The van der Waals surface area contributed by atoms with Crippen LogP contribution in [-0.2, 0) is 22.6 Å². The second-order valence-electron chi connectivity index (χ2n) is 6.95. The van der Waals surface area contributed by atoms with Gasteiger partial charge in [0.15, 0.2) is 0 Å². The second kappa shape index (κ2) is 9.94. The lowest BCUT2D eigenvalue weighted by Crippen LogP contribution is -2.48. The summed E-state index contributed by atoms with van der Waals surface area (Å²) in [7, 11) is 0. The van der Waals surface area contributed by atoms with E-state index in [0.717, 1.165) is 22.3 Å². The summed E-state index contributed by atoms with van der Waals surface area (Å²) >= 11 is 12.1. The number of hydrogen-bond acceptors (Lipinski definition) is 2. The average molecular weight is 421 g/mol. The zero-order valence-electron chi connectivity index (χ0n) is 16.7. The minimum atomic E-state index is -0.605. The molecule has 6 heteroatoms. The van der Waals surface area contributed by atoms with Gasteiger partial charge in [0, 0.05) is 13.1 Å². The monoisotopic (exact) mass is 420 g/mol. The Morgan fingerprint density at radius 3 is 2.43 bits per heavy atom. The Hall–Kier alpha value is -2.04. The predicted molar refractivity (Wildman–Crippen MR) is 115 cm³/mol. The van der Waals surface area contributed by atoms with E-state index in [1.807, 2.05) is 45.0 Å². The molecule has 2 rings (SSSR count). The molecular formula is C22H26Cl2N2O2. The van der Waals surface area contributed by atoms with Gasteiger partial charge in [0.25, 0.3) is 0 Å². The van der Waals surface area contributed by atoms with Gasteiger partial charge in [0.2, 0.25) is 11.8 Å². The van der Waals surface area contributed by atoms with Crippen LogP contribution in [0.25, 0.3) is 0 Å².